The highest BCUT2D eigenvalue weighted by Crippen LogP contribution is 2.38. The summed E-state index contributed by atoms with van der Waals surface area (Å²) in [7, 11) is 0. The summed E-state index contributed by atoms with van der Waals surface area (Å²) in [5.41, 5.74) is 3.02. The number of hydrogen-bond donors (Lipinski definition) is 0. The van der Waals surface area contributed by atoms with Gasteiger partial charge in [0.1, 0.15) is 13.3 Å². The summed E-state index contributed by atoms with van der Waals surface area (Å²) in [4.78, 5) is 18.9. The molecule has 0 unspecified atom stereocenters. The Morgan fingerprint density at radius 3 is 2.57 bits per heavy atom. The number of benzene rings is 1. The van der Waals surface area contributed by atoms with E-state index in [1.54, 1.807) is 6.20 Å². The van der Waals surface area contributed by atoms with Crippen molar-refractivity contribution in [3.8, 4) is 0 Å². The first-order chi connectivity index (χ1) is 13.4. The van der Waals surface area contributed by atoms with Crippen molar-refractivity contribution in [3.63, 3.8) is 0 Å². The Morgan fingerprint density at radius 2 is 1.93 bits per heavy atom. The monoisotopic (exact) mass is 448 g/mol. The molecule has 2 aromatic rings. The molecule has 0 bridgehead atoms. The maximum Gasteiger partial charge on any atom is 0.310 e. The number of carbonyl (C=O) groups is 1. The van der Waals surface area contributed by atoms with Gasteiger partial charge in [0, 0.05) is 24.8 Å². The molecule has 4 nitrogen and oxygen atoms in total. The second-order valence-electron chi connectivity index (χ2n) is 7.99. The van der Waals surface area contributed by atoms with E-state index in [9.17, 15) is 9.18 Å². The highest BCUT2D eigenvalue weighted by molar-refractivity contribution is 9.10. The summed E-state index contributed by atoms with van der Waals surface area (Å²) in [6.45, 7) is 5.77. The van der Waals surface area contributed by atoms with E-state index in [0.717, 1.165) is 41.7 Å². The molecular weight excluding hydrogens is 423 g/mol. The van der Waals surface area contributed by atoms with Crippen LogP contribution in [0.25, 0.3) is 0 Å². The van der Waals surface area contributed by atoms with Crippen molar-refractivity contribution in [2.45, 2.75) is 46.4 Å². The van der Waals surface area contributed by atoms with Crippen LogP contribution < -0.4 is 4.90 Å². The number of rotatable bonds is 6. The Morgan fingerprint density at radius 1 is 1.25 bits per heavy atom. The van der Waals surface area contributed by atoms with Crippen LogP contribution in [0.15, 0.2) is 41.0 Å². The van der Waals surface area contributed by atoms with Crippen molar-refractivity contribution in [2.24, 2.45) is 5.41 Å². The number of halogens is 2. The minimum Gasteiger partial charge on any atom is -0.461 e. The molecule has 1 saturated heterocycles. The predicted octanol–water partition coefficient (Wildman–Crippen LogP) is 5.23. The number of hydrogen-bond acceptors (Lipinski definition) is 4. The third-order valence-corrected chi connectivity index (χ3v) is 5.90. The Balaban J connectivity index is 1.79. The van der Waals surface area contributed by atoms with Crippen molar-refractivity contribution in [1.82, 2.24) is 4.98 Å². The van der Waals surface area contributed by atoms with Crippen molar-refractivity contribution >= 4 is 27.6 Å². The molecule has 28 heavy (non-hydrogen) atoms. The molecule has 1 aliphatic heterocycles. The molecule has 0 atom stereocenters. The van der Waals surface area contributed by atoms with Crippen LogP contribution in [0.5, 0.6) is 0 Å². The molecule has 0 N–H and O–H groups in total. The molecule has 2 heterocycles. The van der Waals surface area contributed by atoms with E-state index in [4.69, 9.17) is 4.74 Å². The van der Waals surface area contributed by atoms with Crippen LogP contribution in [0.2, 0.25) is 0 Å². The summed E-state index contributed by atoms with van der Waals surface area (Å²) >= 11 is 3.56. The molecule has 0 spiro atoms. The zero-order valence-corrected chi connectivity index (χ0v) is 18.0. The zero-order chi connectivity index (χ0) is 20.1. The van der Waals surface area contributed by atoms with Crippen LogP contribution in [-0.4, -0.2) is 24.0 Å². The predicted molar refractivity (Wildman–Crippen MR) is 112 cm³/mol. The number of aromatic nitrogens is 1. The fraction of sp³-hybridized carbons (Fsp3) is 0.455. The second kappa shape index (κ2) is 9.03. The highest BCUT2D eigenvalue weighted by atomic mass is 79.9. The summed E-state index contributed by atoms with van der Waals surface area (Å²) in [5, 5.41) is 0. The van der Waals surface area contributed by atoms with Crippen molar-refractivity contribution in [2.75, 3.05) is 18.0 Å². The van der Waals surface area contributed by atoms with Crippen LogP contribution in [0.4, 0.5) is 10.1 Å². The number of carbonyl (C=O) groups excluding carboxylic acids is 1. The molecule has 1 fully saturated rings. The SMILES string of the molecule is CC1(C)CCN(c2c(Br)cnc(CF)c2CC(=O)OCc2ccccc2)CC1. The molecule has 6 heteroatoms. The Labute approximate surface area is 174 Å². The fourth-order valence-electron chi connectivity index (χ4n) is 3.47. The van der Waals surface area contributed by atoms with E-state index in [0.29, 0.717) is 16.7 Å². The minimum absolute atomic E-state index is 0.00769. The standard InChI is InChI=1S/C22H26BrFN2O2/c1-22(2)8-10-26(11-9-22)21-17(19(13-24)25-14-18(21)23)12-20(27)28-15-16-6-4-3-5-7-16/h3-7,14H,8-13,15H2,1-2H3. The van der Waals surface area contributed by atoms with Gasteiger partial charge in [-0.25, -0.2) is 4.39 Å². The molecule has 1 aliphatic rings. The molecule has 0 aliphatic carbocycles. The van der Waals surface area contributed by atoms with E-state index >= 15 is 0 Å². The van der Waals surface area contributed by atoms with Crippen molar-refractivity contribution < 1.29 is 13.9 Å². The van der Waals surface area contributed by atoms with Gasteiger partial charge in [-0.15, -0.1) is 0 Å². The van der Waals surface area contributed by atoms with E-state index < -0.39 is 6.67 Å². The lowest BCUT2D eigenvalue weighted by Crippen LogP contribution is -2.38. The quantitative estimate of drug-likeness (QED) is 0.567. The van der Waals surface area contributed by atoms with Crippen molar-refractivity contribution in [3.05, 3.63) is 57.8 Å². The Kier molecular flexibility index (Phi) is 6.70. The average molecular weight is 449 g/mol. The van der Waals surface area contributed by atoms with Crippen molar-refractivity contribution in [1.29, 1.82) is 0 Å². The minimum atomic E-state index is -0.707. The lowest BCUT2D eigenvalue weighted by molar-refractivity contribution is -0.144. The van der Waals surface area contributed by atoms with Gasteiger partial charge >= 0.3 is 5.97 Å². The first-order valence-corrected chi connectivity index (χ1v) is 10.4. The van der Waals surface area contributed by atoms with Gasteiger partial charge in [-0.05, 0) is 39.8 Å². The van der Waals surface area contributed by atoms with Crippen LogP contribution >= 0.6 is 15.9 Å². The van der Waals surface area contributed by atoms with E-state index in [2.05, 4.69) is 39.7 Å². The summed E-state index contributed by atoms with van der Waals surface area (Å²) < 4.78 is 19.9. The smallest absolute Gasteiger partial charge is 0.310 e. The second-order valence-corrected chi connectivity index (χ2v) is 8.84. The number of pyridine rings is 1. The number of esters is 1. The Hall–Kier alpha value is -1.95. The largest absolute Gasteiger partial charge is 0.461 e. The average Bonchev–Trinajstić information content (AvgIpc) is 2.68. The third-order valence-electron chi connectivity index (χ3n) is 5.32. The van der Waals surface area contributed by atoms with E-state index in [1.807, 2.05) is 30.3 Å². The van der Waals surface area contributed by atoms with Crippen LogP contribution in [-0.2, 0) is 29.2 Å². The zero-order valence-electron chi connectivity index (χ0n) is 16.4. The topological polar surface area (TPSA) is 42.4 Å². The third kappa shape index (κ3) is 5.10. The number of piperidine rings is 1. The van der Waals surface area contributed by atoms with Gasteiger partial charge in [0.25, 0.3) is 0 Å². The molecule has 0 saturated carbocycles. The van der Waals surface area contributed by atoms with Gasteiger partial charge in [-0.2, -0.15) is 0 Å². The first kappa shape index (κ1) is 20.8. The first-order valence-electron chi connectivity index (χ1n) is 9.56. The highest BCUT2D eigenvalue weighted by Gasteiger charge is 2.29. The van der Waals surface area contributed by atoms with Gasteiger partial charge in [0.15, 0.2) is 0 Å². The summed E-state index contributed by atoms with van der Waals surface area (Å²) in [6, 6.07) is 9.53. The van der Waals surface area contributed by atoms with Crippen LogP contribution in [0.3, 0.4) is 0 Å². The number of nitrogens with zero attached hydrogens (tertiary/aromatic N) is 2. The number of ether oxygens (including phenoxy) is 1. The van der Waals surface area contributed by atoms with Gasteiger partial charge < -0.3 is 9.64 Å². The van der Waals surface area contributed by atoms with Gasteiger partial charge in [0.05, 0.1) is 22.3 Å². The van der Waals surface area contributed by atoms with Crippen LogP contribution in [0.1, 0.15) is 43.5 Å². The number of alkyl halides is 1. The molecule has 3 rings (SSSR count). The maximum atomic E-state index is 13.6. The van der Waals surface area contributed by atoms with E-state index in [1.165, 1.54) is 0 Å². The van der Waals surface area contributed by atoms with Crippen LogP contribution in [0, 0.1) is 5.41 Å². The molecule has 1 aromatic heterocycles. The maximum absolute atomic E-state index is 13.6. The van der Waals surface area contributed by atoms with Gasteiger partial charge in [-0.1, -0.05) is 44.2 Å². The fourth-order valence-corrected chi connectivity index (χ4v) is 4.06. The van der Waals surface area contributed by atoms with E-state index in [-0.39, 0.29) is 19.0 Å². The molecule has 150 valence electrons. The summed E-state index contributed by atoms with van der Waals surface area (Å²) in [6.07, 6.45) is 3.73. The summed E-state index contributed by atoms with van der Waals surface area (Å²) in [5.74, 6) is -0.378. The lowest BCUT2D eigenvalue weighted by Gasteiger charge is -2.39. The lowest BCUT2D eigenvalue weighted by atomic mass is 9.82. The molecule has 1 aromatic carbocycles. The number of anilines is 1. The normalized spacial score (nSPS) is 16.1. The molecule has 0 radical (unpaired) electrons. The molecule has 0 amide bonds. The van der Waals surface area contributed by atoms with Gasteiger partial charge in [0.2, 0.25) is 0 Å². The van der Waals surface area contributed by atoms with Gasteiger partial charge in [-0.3, -0.25) is 9.78 Å². The Bertz CT molecular complexity index is 817. The molecular formula is C22H26BrFN2O2.